The van der Waals surface area contributed by atoms with Crippen molar-refractivity contribution < 1.29 is 14.2 Å². The van der Waals surface area contributed by atoms with Gasteiger partial charge >= 0.3 is 0 Å². The molecule has 4 N–H and O–H groups in total. The predicted molar refractivity (Wildman–Crippen MR) is 122 cm³/mol. The average Bonchev–Trinajstić information content (AvgIpc) is 3.17. The fourth-order valence-corrected chi connectivity index (χ4v) is 3.90. The van der Waals surface area contributed by atoms with Gasteiger partial charge in [0.15, 0.2) is 11.6 Å². The second kappa shape index (κ2) is 9.86. The van der Waals surface area contributed by atoms with Crippen LogP contribution in [0.4, 0.5) is 10.2 Å². The number of hydrogen-bond acceptors (Lipinski definition) is 8. The van der Waals surface area contributed by atoms with Gasteiger partial charge in [0.1, 0.15) is 22.4 Å². The Morgan fingerprint density at radius 1 is 1.19 bits per heavy atom. The standard InChI is InChI=1S/C21H25ClFN5O2S/c1-10(2)25-19-6-13(5-11(3)26-19)20-27-28-21(31-20)14-7-16(23)18(8-15(14)22)30-9-17(24)12(4)29/h5-8,10,12,17,29H,9,24H2,1-4H3,(H,25,26)/t12-,17-/m1/s1. The van der Waals surface area contributed by atoms with Gasteiger partial charge in [0.25, 0.3) is 0 Å². The smallest absolute Gasteiger partial charge is 0.165 e. The number of nitrogens with zero attached hydrogens (tertiary/aromatic N) is 3. The number of anilines is 1. The highest BCUT2D eigenvalue weighted by Gasteiger charge is 2.18. The molecule has 0 unspecified atom stereocenters. The van der Waals surface area contributed by atoms with Gasteiger partial charge in [-0.1, -0.05) is 22.9 Å². The van der Waals surface area contributed by atoms with Crippen molar-refractivity contribution in [2.24, 2.45) is 5.73 Å². The highest BCUT2D eigenvalue weighted by molar-refractivity contribution is 7.18. The van der Waals surface area contributed by atoms with Crippen molar-refractivity contribution in [2.75, 3.05) is 11.9 Å². The van der Waals surface area contributed by atoms with Gasteiger partial charge in [-0.2, -0.15) is 0 Å². The van der Waals surface area contributed by atoms with Crippen LogP contribution in [0.5, 0.6) is 5.75 Å². The highest BCUT2D eigenvalue weighted by atomic mass is 35.5. The zero-order valence-corrected chi connectivity index (χ0v) is 19.3. The number of nitrogens with one attached hydrogen (secondary N) is 1. The third-order valence-electron chi connectivity index (χ3n) is 4.36. The van der Waals surface area contributed by atoms with E-state index in [1.165, 1.54) is 23.5 Å². The van der Waals surface area contributed by atoms with E-state index in [0.717, 1.165) is 17.1 Å². The zero-order chi connectivity index (χ0) is 22.7. The summed E-state index contributed by atoms with van der Waals surface area (Å²) in [7, 11) is 0. The lowest BCUT2D eigenvalue weighted by Gasteiger charge is -2.16. The first-order valence-corrected chi connectivity index (χ1v) is 11.0. The first kappa shape index (κ1) is 23.3. The van der Waals surface area contributed by atoms with E-state index in [2.05, 4.69) is 20.5 Å². The Balaban J connectivity index is 1.86. The number of benzene rings is 1. The van der Waals surface area contributed by atoms with Crippen molar-refractivity contribution in [2.45, 2.75) is 45.9 Å². The van der Waals surface area contributed by atoms with Crippen molar-refractivity contribution in [3.63, 3.8) is 0 Å². The van der Waals surface area contributed by atoms with Crippen LogP contribution in [0.3, 0.4) is 0 Å². The molecule has 166 valence electrons. The number of nitrogens with two attached hydrogens (primary N) is 1. The van der Waals surface area contributed by atoms with E-state index in [0.29, 0.717) is 15.6 Å². The first-order valence-electron chi connectivity index (χ1n) is 9.79. The summed E-state index contributed by atoms with van der Waals surface area (Å²) in [5.41, 5.74) is 7.85. The molecule has 0 bridgehead atoms. The van der Waals surface area contributed by atoms with Crippen molar-refractivity contribution in [1.82, 2.24) is 15.2 Å². The Kier molecular flexibility index (Phi) is 7.42. The van der Waals surface area contributed by atoms with Gasteiger partial charge in [-0.3, -0.25) is 0 Å². The van der Waals surface area contributed by atoms with Gasteiger partial charge in [-0.05, 0) is 45.9 Å². The first-order chi connectivity index (χ1) is 14.6. The molecule has 31 heavy (non-hydrogen) atoms. The number of aromatic nitrogens is 3. The fraction of sp³-hybridized carbons (Fsp3) is 0.381. The number of hydrogen-bond donors (Lipinski definition) is 3. The molecule has 0 aliphatic heterocycles. The summed E-state index contributed by atoms with van der Waals surface area (Å²) in [4.78, 5) is 4.48. The van der Waals surface area contributed by atoms with Crippen LogP contribution in [0, 0.1) is 12.7 Å². The number of halogens is 2. The van der Waals surface area contributed by atoms with Gasteiger partial charge in [0, 0.05) is 28.9 Å². The predicted octanol–water partition coefficient (Wildman–Crippen LogP) is 4.28. The molecule has 3 aromatic rings. The lowest BCUT2D eigenvalue weighted by molar-refractivity contribution is 0.129. The summed E-state index contributed by atoms with van der Waals surface area (Å²) < 4.78 is 20.0. The average molecular weight is 466 g/mol. The van der Waals surface area contributed by atoms with Gasteiger partial charge in [-0.15, -0.1) is 10.2 Å². The third-order valence-corrected chi connectivity index (χ3v) is 5.68. The molecule has 7 nitrogen and oxygen atoms in total. The highest BCUT2D eigenvalue weighted by Crippen LogP contribution is 2.37. The van der Waals surface area contributed by atoms with E-state index < -0.39 is 18.0 Å². The third kappa shape index (κ3) is 5.88. The molecule has 0 fully saturated rings. The van der Waals surface area contributed by atoms with Crippen LogP contribution < -0.4 is 15.8 Å². The molecular weight excluding hydrogens is 441 g/mol. The van der Waals surface area contributed by atoms with Crippen LogP contribution >= 0.6 is 22.9 Å². The molecule has 10 heteroatoms. The molecule has 0 spiro atoms. The molecule has 0 aliphatic rings. The molecule has 0 saturated carbocycles. The SMILES string of the molecule is Cc1cc(-c2nnc(-c3cc(F)c(OC[C@@H](N)[C@@H](C)O)cc3Cl)s2)cc(NC(C)C)n1. The number of aliphatic hydroxyl groups excluding tert-OH is 1. The Bertz CT molecular complexity index is 1060. The van der Waals surface area contributed by atoms with Crippen molar-refractivity contribution in [3.8, 4) is 26.9 Å². The van der Waals surface area contributed by atoms with E-state index in [4.69, 9.17) is 22.1 Å². The quantitative estimate of drug-likeness (QED) is 0.456. The number of rotatable bonds is 8. The Morgan fingerprint density at radius 2 is 1.90 bits per heavy atom. The van der Waals surface area contributed by atoms with Crippen LogP contribution in [0.15, 0.2) is 24.3 Å². The summed E-state index contributed by atoms with van der Waals surface area (Å²) in [6.07, 6.45) is -0.773. The lowest BCUT2D eigenvalue weighted by Crippen LogP contribution is -2.38. The maximum Gasteiger partial charge on any atom is 0.165 e. The second-order valence-electron chi connectivity index (χ2n) is 7.57. The minimum absolute atomic E-state index is 0.0382. The molecule has 0 amide bonds. The summed E-state index contributed by atoms with van der Waals surface area (Å²) in [5.74, 6) is 0.114. The van der Waals surface area contributed by atoms with E-state index >= 15 is 0 Å². The van der Waals surface area contributed by atoms with E-state index in [1.807, 2.05) is 32.9 Å². The van der Waals surface area contributed by atoms with Crippen LogP contribution in [-0.2, 0) is 0 Å². The van der Waals surface area contributed by atoms with Gasteiger partial charge in [0.2, 0.25) is 0 Å². The van der Waals surface area contributed by atoms with E-state index in [1.54, 1.807) is 6.92 Å². The summed E-state index contributed by atoms with van der Waals surface area (Å²) >= 11 is 7.67. The molecule has 1 aromatic carbocycles. The monoisotopic (exact) mass is 465 g/mol. The van der Waals surface area contributed by atoms with Crippen molar-refractivity contribution >= 4 is 28.8 Å². The molecule has 2 aromatic heterocycles. The normalized spacial score (nSPS) is 13.3. The zero-order valence-electron chi connectivity index (χ0n) is 17.7. The molecule has 0 saturated heterocycles. The number of aliphatic hydroxyl groups is 1. The van der Waals surface area contributed by atoms with Crippen LogP contribution in [0.1, 0.15) is 26.5 Å². The number of pyridine rings is 1. The van der Waals surface area contributed by atoms with Crippen LogP contribution in [-0.4, -0.2) is 45.1 Å². The van der Waals surface area contributed by atoms with Gasteiger partial charge in [0.05, 0.1) is 17.2 Å². The molecular formula is C21H25ClFN5O2S. The molecule has 3 rings (SSSR count). The largest absolute Gasteiger partial charge is 0.489 e. The minimum atomic E-state index is -0.773. The second-order valence-corrected chi connectivity index (χ2v) is 8.96. The maximum absolute atomic E-state index is 14.6. The summed E-state index contributed by atoms with van der Waals surface area (Å²) in [5, 5.41) is 22.6. The topological polar surface area (TPSA) is 106 Å². The molecule has 2 atom stereocenters. The van der Waals surface area contributed by atoms with E-state index in [-0.39, 0.29) is 23.4 Å². The Morgan fingerprint density at radius 3 is 2.58 bits per heavy atom. The molecule has 0 radical (unpaired) electrons. The van der Waals surface area contributed by atoms with Crippen LogP contribution in [0.2, 0.25) is 5.02 Å². The van der Waals surface area contributed by atoms with Crippen LogP contribution in [0.25, 0.3) is 21.1 Å². The Labute approximate surface area is 189 Å². The van der Waals surface area contributed by atoms with Crippen molar-refractivity contribution in [3.05, 3.63) is 40.8 Å². The molecule has 0 aliphatic carbocycles. The summed E-state index contributed by atoms with van der Waals surface area (Å²) in [6, 6.07) is 6.07. The number of aryl methyl sites for hydroxylation is 1. The lowest BCUT2D eigenvalue weighted by atomic mass is 10.2. The maximum atomic E-state index is 14.6. The number of ether oxygens (including phenoxy) is 1. The van der Waals surface area contributed by atoms with E-state index in [9.17, 15) is 9.50 Å². The Hall–Kier alpha value is -2.33. The summed E-state index contributed by atoms with van der Waals surface area (Å²) in [6.45, 7) is 7.48. The van der Waals surface area contributed by atoms with Gasteiger partial charge in [-0.25, -0.2) is 9.37 Å². The minimum Gasteiger partial charge on any atom is -0.489 e. The van der Waals surface area contributed by atoms with Gasteiger partial charge < -0.3 is 20.9 Å². The van der Waals surface area contributed by atoms with Crippen molar-refractivity contribution in [1.29, 1.82) is 0 Å². The fourth-order valence-electron chi connectivity index (χ4n) is 2.74. The molecule has 2 heterocycles.